The molecule has 1 fully saturated rings. The van der Waals surface area contributed by atoms with E-state index in [1.807, 2.05) is 24.3 Å². The molecule has 2 heterocycles. The SMILES string of the molecule is COc1ccc(-c2ccnc3c2c(C2CC2)nn3CC(=O)O)cc1OC. The van der Waals surface area contributed by atoms with E-state index < -0.39 is 5.97 Å². The smallest absolute Gasteiger partial charge is 0.325 e. The van der Waals surface area contributed by atoms with Crippen molar-refractivity contribution in [3.63, 3.8) is 0 Å². The minimum atomic E-state index is -0.935. The number of aromatic nitrogens is 3. The van der Waals surface area contributed by atoms with Crippen LogP contribution in [-0.4, -0.2) is 40.1 Å². The summed E-state index contributed by atoms with van der Waals surface area (Å²) in [5, 5.41) is 14.7. The highest BCUT2D eigenvalue weighted by Gasteiger charge is 2.31. The largest absolute Gasteiger partial charge is 0.493 e. The van der Waals surface area contributed by atoms with Crippen LogP contribution in [0, 0.1) is 0 Å². The van der Waals surface area contributed by atoms with Gasteiger partial charge in [-0.05, 0) is 42.2 Å². The molecule has 1 aliphatic rings. The van der Waals surface area contributed by atoms with E-state index in [1.165, 1.54) is 4.68 Å². The second-order valence-electron chi connectivity index (χ2n) is 6.34. The summed E-state index contributed by atoms with van der Waals surface area (Å²) in [4.78, 5) is 15.6. The molecule has 0 saturated heterocycles. The zero-order valence-electron chi connectivity index (χ0n) is 14.6. The molecule has 0 unspecified atom stereocenters. The van der Waals surface area contributed by atoms with E-state index in [4.69, 9.17) is 9.47 Å². The van der Waals surface area contributed by atoms with Gasteiger partial charge in [-0.1, -0.05) is 6.07 Å². The van der Waals surface area contributed by atoms with Crippen molar-refractivity contribution < 1.29 is 19.4 Å². The van der Waals surface area contributed by atoms with Gasteiger partial charge in [0.25, 0.3) is 0 Å². The van der Waals surface area contributed by atoms with Crippen molar-refractivity contribution in [3.8, 4) is 22.6 Å². The lowest BCUT2D eigenvalue weighted by molar-refractivity contribution is -0.137. The Bertz CT molecular complexity index is 992. The monoisotopic (exact) mass is 353 g/mol. The average molecular weight is 353 g/mol. The van der Waals surface area contributed by atoms with E-state index >= 15 is 0 Å². The molecule has 26 heavy (non-hydrogen) atoms. The number of carbonyl (C=O) groups is 1. The van der Waals surface area contributed by atoms with Gasteiger partial charge < -0.3 is 14.6 Å². The number of hydrogen-bond donors (Lipinski definition) is 1. The molecule has 2 aromatic heterocycles. The van der Waals surface area contributed by atoms with Crippen LogP contribution in [0.5, 0.6) is 11.5 Å². The third kappa shape index (κ3) is 2.75. The quantitative estimate of drug-likeness (QED) is 0.733. The molecule has 0 amide bonds. The molecule has 134 valence electrons. The lowest BCUT2D eigenvalue weighted by atomic mass is 10.0. The molecule has 4 rings (SSSR count). The Morgan fingerprint density at radius 1 is 1.23 bits per heavy atom. The number of ether oxygens (including phenoxy) is 2. The van der Waals surface area contributed by atoms with E-state index in [1.54, 1.807) is 20.4 Å². The van der Waals surface area contributed by atoms with Crippen LogP contribution in [0.15, 0.2) is 30.5 Å². The molecule has 0 atom stereocenters. The Morgan fingerprint density at radius 2 is 2.00 bits per heavy atom. The predicted octanol–water partition coefficient (Wildman–Crippen LogP) is 3.08. The number of rotatable bonds is 6. The Labute approximate surface area is 150 Å². The predicted molar refractivity (Wildman–Crippen MR) is 95.7 cm³/mol. The summed E-state index contributed by atoms with van der Waals surface area (Å²) in [6, 6.07) is 7.67. The molecule has 1 saturated carbocycles. The van der Waals surface area contributed by atoms with Crippen molar-refractivity contribution in [1.29, 1.82) is 0 Å². The maximum atomic E-state index is 11.2. The second kappa shape index (κ2) is 6.33. The molecule has 0 radical (unpaired) electrons. The number of carboxylic acids is 1. The number of nitrogens with zero attached hydrogens (tertiary/aromatic N) is 3. The van der Waals surface area contributed by atoms with E-state index in [0.29, 0.717) is 23.1 Å². The van der Waals surface area contributed by atoms with Crippen molar-refractivity contribution >= 4 is 17.0 Å². The van der Waals surface area contributed by atoms with Gasteiger partial charge in [0.1, 0.15) is 6.54 Å². The summed E-state index contributed by atoms with van der Waals surface area (Å²) in [5.41, 5.74) is 3.45. The standard InChI is InChI=1S/C19H19N3O4/c1-25-14-6-5-12(9-15(14)26-2)13-7-8-20-19-17(13)18(11-3-4-11)21-22(19)10-16(23)24/h5-9,11H,3-4,10H2,1-2H3,(H,23,24). The fourth-order valence-corrected chi connectivity index (χ4v) is 3.25. The van der Waals surface area contributed by atoms with E-state index in [2.05, 4.69) is 10.1 Å². The fraction of sp³-hybridized carbons (Fsp3) is 0.316. The van der Waals surface area contributed by atoms with Gasteiger partial charge in [-0.25, -0.2) is 9.67 Å². The first-order valence-electron chi connectivity index (χ1n) is 8.42. The molecular formula is C19H19N3O4. The van der Waals surface area contributed by atoms with Gasteiger partial charge in [-0.15, -0.1) is 0 Å². The van der Waals surface area contributed by atoms with Gasteiger partial charge >= 0.3 is 5.97 Å². The summed E-state index contributed by atoms with van der Waals surface area (Å²) in [6.07, 6.45) is 3.82. The molecule has 1 N–H and O–H groups in total. The second-order valence-corrected chi connectivity index (χ2v) is 6.34. The average Bonchev–Trinajstić information content (AvgIpc) is 3.43. The van der Waals surface area contributed by atoms with Crippen molar-refractivity contribution in [2.75, 3.05) is 14.2 Å². The zero-order chi connectivity index (χ0) is 18.3. The Morgan fingerprint density at radius 3 is 2.65 bits per heavy atom. The highest BCUT2D eigenvalue weighted by molar-refractivity contribution is 5.96. The fourth-order valence-electron chi connectivity index (χ4n) is 3.25. The molecular weight excluding hydrogens is 334 g/mol. The van der Waals surface area contributed by atoms with E-state index in [-0.39, 0.29) is 6.54 Å². The number of benzene rings is 1. The number of carboxylic acid groups (broad SMARTS) is 1. The van der Waals surface area contributed by atoms with Crippen LogP contribution in [-0.2, 0) is 11.3 Å². The number of fused-ring (bicyclic) bond motifs is 1. The van der Waals surface area contributed by atoms with Crippen LogP contribution in [0.3, 0.4) is 0 Å². The van der Waals surface area contributed by atoms with Gasteiger partial charge in [0, 0.05) is 12.1 Å². The minimum Gasteiger partial charge on any atom is -0.493 e. The van der Waals surface area contributed by atoms with Crippen molar-refractivity contribution in [2.24, 2.45) is 0 Å². The summed E-state index contributed by atoms with van der Waals surface area (Å²) >= 11 is 0. The van der Waals surface area contributed by atoms with Crippen LogP contribution in [0.4, 0.5) is 0 Å². The third-order valence-electron chi connectivity index (χ3n) is 4.60. The van der Waals surface area contributed by atoms with Gasteiger partial charge in [-0.3, -0.25) is 4.79 Å². The molecule has 7 heteroatoms. The first kappa shape index (κ1) is 16.4. The highest BCUT2D eigenvalue weighted by atomic mass is 16.5. The molecule has 0 spiro atoms. The topological polar surface area (TPSA) is 86.5 Å². The van der Waals surface area contributed by atoms with Gasteiger partial charge in [0.15, 0.2) is 17.1 Å². The number of aliphatic carboxylic acids is 1. The molecule has 0 bridgehead atoms. The molecule has 3 aromatic rings. The molecule has 1 aromatic carbocycles. The normalized spacial score (nSPS) is 13.8. The number of hydrogen-bond acceptors (Lipinski definition) is 5. The van der Waals surface area contributed by atoms with Crippen molar-refractivity contribution in [2.45, 2.75) is 25.3 Å². The van der Waals surface area contributed by atoms with Crippen LogP contribution < -0.4 is 9.47 Å². The Kier molecular flexibility index (Phi) is 3.99. The molecule has 1 aliphatic carbocycles. The number of methoxy groups -OCH3 is 2. The Balaban J connectivity index is 1.93. The zero-order valence-corrected chi connectivity index (χ0v) is 14.6. The van der Waals surface area contributed by atoms with Crippen LogP contribution in [0.25, 0.3) is 22.2 Å². The van der Waals surface area contributed by atoms with Gasteiger partial charge in [-0.2, -0.15) is 5.10 Å². The number of pyridine rings is 1. The van der Waals surface area contributed by atoms with Crippen molar-refractivity contribution in [1.82, 2.24) is 14.8 Å². The van der Waals surface area contributed by atoms with Gasteiger partial charge in [0.05, 0.1) is 25.3 Å². The van der Waals surface area contributed by atoms with Crippen molar-refractivity contribution in [3.05, 3.63) is 36.2 Å². The van der Waals surface area contributed by atoms with E-state index in [0.717, 1.165) is 35.0 Å². The summed E-state index contributed by atoms with van der Waals surface area (Å²) in [7, 11) is 3.20. The lowest BCUT2D eigenvalue weighted by Gasteiger charge is -2.11. The minimum absolute atomic E-state index is 0.203. The lowest BCUT2D eigenvalue weighted by Crippen LogP contribution is -2.10. The van der Waals surface area contributed by atoms with Crippen LogP contribution in [0.2, 0.25) is 0 Å². The molecule has 0 aliphatic heterocycles. The van der Waals surface area contributed by atoms with Crippen LogP contribution >= 0.6 is 0 Å². The van der Waals surface area contributed by atoms with Crippen LogP contribution in [0.1, 0.15) is 24.5 Å². The first-order chi connectivity index (χ1) is 12.6. The summed E-state index contributed by atoms with van der Waals surface area (Å²) < 4.78 is 12.2. The summed E-state index contributed by atoms with van der Waals surface area (Å²) in [6.45, 7) is -0.203. The Hall–Kier alpha value is -3.09. The maximum absolute atomic E-state index is 11.2. The van der Waals surface area contributed by atoms with E-state index in [9.17, 15) is 9.90 Å². The maximum Gasteiger partial charge on any atom is 0.325 e. The highest BCUT2D eigenvalue weighted by Crippen LogP contribution is 2.45. The molecule has 7 nitrogen and oxygen atoms in total. The first-order valence-corrected chi connectivity index (χ1v) is 8.42. The summed E-state index contributed by atoms with van der Waals surface area (Å²) in [5.74, 6) is 0.733. The van der Waals surface area contributed by atoms with Gasteiger partial charge in [0.2, 0.25) is 0 Å². The third-order valence-corrected chi connectivity index (χ3v) is 4.60.